The van der Waals surface area contributed by atoms with Gasteiger partial charge < -0.3 is 9.84 Å². The number of thiophene rings is 1. The van der Waals surface area contributed by atoms with Crippen LogP contribution in [0, 0.1) is 17.8 Å². The molecule has 0 spiro atoms. The maximum atomic E-state index is 12.7. The number of nitrogens with zero attached hydrogens (tertiary/aromatic N) is 2. The van der Waals surface area contributed by atoms with Crippen LogP contribution in [0.1, 0.15) is 44.9 Å². The standard InChI is InChI=1S/C17H21N3O2S/c1-9(2)18-16(21)13-10-3-4-11(7-10)14(13)17-19-15(20-22-17)12-5-6-23-8-12/h5-6,8-11,13-14H,3-4,7H2,1-2H3,(H,18,21)/t10-,11+,13-,14-/m0/s1. The van der Waals surface area contributed by atoms with Crippen molar-refractivity contribution in [3.05, 3.63) is 22.7 Å². The molecule has 4 rings (SSSR count). The normalized spacial score (nSPS) is 29.3. The molecule has 0 unspecified atom stereocenters. The molecule has 23 heavy (non-hydrogen) atoms. The topological polar surface area (TPSA) is 68.0 Å². The summed E-state index contributed by atoms with van der Waals surface area (Å²) in [4.78, 5) is 17.3. The van der Waals surface area contributed by atoms with Gasteiger partial charge in [-0.2, -0.15) is 16.3 Å². The highest BCUT2D eigenvalue weighted by molar-refractivity contribution is 7.08. The summed E-state index contributed by atoms with van der Waals surface area (Å²) in [6.45, 7) is 4.00. The molecule has 1 N–H and O–H groups in total. The van der Waals surface area contributed by atoms with E-state index in [-0.39, 0.29) is 23.8 Å². The van der Waals surface area contributed by atoms with Gasteiger partial charge in [-0.3, -0.25) is 4.79 Å². The molecular formula is C17H21N3O2S. The van der Waals surface area contributed by atoms with E-state index in [0.29, 0.717) is 23.6 Å². The first kappa shape index (κ1) is 14.9. The van der Waals surface area contributed by atoms with Gasteiger partial charge in [-0.05, 0) is 56.4 Å². The zero-order chi connectivity index (χ0) is 16.0. The maximum Gasteiger partial charge on any atom is 0.231 e. The number of rotatable bonds is 4. The average molecular weight is 331 g/mol. The number of amides is 1. The Labute approximate surface area is 139 Å². The van der Waals surface area contributed by atoms with Crippen LogP contribution in [-0.2, 0) is 4.79 Å². The van der Waals surface area contributed by atoms with Crippen molar-refractivity contribution < 1.29 is 9.32 Å². The molecule has 2 bridgehead atoms. The van der Waals surface area contributed by atoms with Gasteiger partial charge in [-0.15, -0.1) is 0 Å². The molecule has 122 valence electrons. The Hall–Kier alpha value is -1.69. The van der Waals surface area contributed by atoms with E-state index in [9.17, 15) is 4.79 Å². The fraction of sp³-hybridized carbons (Fsp3) is 0.588. The van der Waals surface area contributed by atoms with E-state index in [2.05, 4.69) is 15.5 Å². The molecule has 0 aliphatic heterocycles. The Bertz CT molecular complexity index is 695. The first-order chi connectivity index (χ1) is 11.1. The Morgan fingerprint density at radius 1 is 1.39 bits per heavy atom. The summed E-state index contributed by atoms with van der Waals surface area (Å²) in [5, 5.41) is 11.2. The summed E-state index contributed by atoms with van der Waals surface area (Å²) in [7, 11) is 0. The first-order valence-corrected chi connectivity index (χ1v) is 9.24. The molecule has 4 atom stereocenters. The summed E-state index contributed by atoms with van der Waals surface area (Å²) in [5.74, 6) is 2.43. The van der Waals surface area contributed by atoms with Crippen molar-refractivity contribution >= 4 is 17.2 Å². The van der Waals surface area contributed by atoms with E-state index in [1.54, 1.807) is 11.3 Å². The van der Waals surface area contributed by atoms with E-state index in [1.165, 1.54) is 0 Å². The van der Waals surface area contributed by atoms with Crippen LogP contribution >= 0.6 is 11.3 Å². The molecule has 5 nitrogen and oxygen atoms in total. The van der Waals surface area contributed by atoms with Gasteiger partial charge in [0.25, 0.3) is 0 Å². The third kappa shape index (κ3) is 2.59. The number of carbonyl (C=O) groups is 1. The van der Waals surface area contributed by atoms with Crippen molar-refractivity contribution in [2.24, 2.45) is 17.8 Å². The second-order valence-corrected chi connectivity index (χ2v) is 7.80. The molecule has 0 saturated heterocycles. The summed E-state index contributed by atoms with van der Waals surface area (Å²) < 4.78 is 5.57. The lowest BCUT2D eigenvalue weighted by molar-refractivity contribution is -0.128. The zero-order valence-corrected chi connectivity index (χ0v) is 14.2. The Balaban J connectivity index is 1.62. The van der Waals surface area contributed by atoms with E-state index in [0.717, 1.165) is 24.8 Å². The van der Waals surface area contributed by atoms with Gasteiger partial charge in [0, 0.05) is 17.0 Å². The summed E-state index contributed by atoms with van der Waals surface area (Å²) in [5.41, 5.74) is 0.983. The Morgan fingerprint density at radius 2 is 2.22 bits per heavy atom. The van der Waals surface area contributed by atoms with E-state index in [4.69, 9.17) is 4.52 Å². The van der Waals surface area contributed by atoms with Gasteiger partial charge in [0.2, 0.25) is 17.6 Å². The largest absolute Gasteiger partial charge is 0.354 e. The third-order valence-electron chi connectivity index (χ3n) is 5.16. The molecule has 0 radical (unpaired) electrons. The predicted octanol–water partition coefficient (Wildman–Crippen LogP) is 3.45. The number of carbonyl (C=O) groups excluding carboxylic acids is 1. The van der Waals surface area contributed by atoms with E-state index >= 15 is 0 Å². The fourth-order valence-electron chi connectivity index (χ4n) is 4.28. The molecule has 2 fully saturated rings. The van der Waals surface area contributed by atoms with Crippen molar-refractivity contribution in [1.82, 2.24) is 15.5 Å². The predicted molar refractivity (Wildman–Crippen MR) is 88.0 cm³/mol. The van der Waals surface area contributed by atoms with Crippen LogP contribution in [0.2, 0.25) is 0 Å². The second kappa shape index (κ2) is 5.74. The first-order valence-electron chi connectivity index (χ1n) is 8.30. The van der Waals surface area contributed by atoms with Crippen molar-refractivity contribution in [2.75, 3.05) is 0 Å². The van der Waals surface area contributed by atoms with Gasteiger partial charge in [0.15, 0.2) is 0 Å². The number of hydrogen-bond donors (Lipinski definition) is 1. The zero-order valence-electron chi connectivity index (χ0n) is 13.4. The SMILES string of the molecule is CC(C)NC(=O)[C@H]1[C@H]2CC[C@H](C2)[C@@H]1c1nc(-c2ccsc2)no1. The highest BCUT2D eigenvalue weighted by Gasteiger charge is 2.53. The highest BCUT2D eigenvalue weighted by atomic mass is 32.1. The molecule has 6 heteroatoms. The van der Waals surface area contributed by atoms with Crippen LogP contribution < -0.4 is 5.32 Å². The number of nitrogens with one attached hydrogen (secondary N) is 1. The number of fused-ring (bicyclic) bond motifs is 2. The number of hydrogen-bond acceptors (Lipinski definition) is 5. The number of aromatic nitrogens is 2. The highest BCUT2D eigenvalue weighted by Crippen LogP contribution is 2.56. The van der Waals surface area contributed by atoms with Crippen LogP contribution in [0.15, 0.2) is 21.3 Å². The van der Waals surface area contributed by atoms with Crippen LogP contribution in [0.3, 0.4) is 0 Å². The minimum Gasteiger partial charge on any atom is -0.354 e. The van der Waals surface area contributed by atoms with Crippen LogP contribution in [0.4, 0.5) is 0 Å². The Morgan fingerprint density at radius 3 is 2.96 bits per heavy atom. The van der Waals surface area contributed by atoms with Crippen molar-refractivity contribution in [2.45, 2.75) is 45.1 Å². The van der Waals surface area contributed by atoms with Crippen LogP contribution in [0.5, 0.6) is 0 Å². The molecule has 2 aromatic rings. The van der Waals surface area contributed by atoms with E-state index in [1.807, 2.05) is 30.7 Å². The second-order valence-electron chi connectivity index (χ2n) is 7.02. The lowest BCUT2D eigenvalue weighted by Gasteiger charge is -2.28. The molecule has 0 aromatic carbocycles. The van der Waals surface area contributed by atoms with E-state index < -0.39 is 0 Å². The molecule has 2 aromatic heterocycles. The smallest absolute Gasteiger partial charge is 0.231 e. The molecule has 2 saturated carbocycles. The molecule has 2 aliphatic carbocycles. The van der Waals surface area contributed by atoms with Gasteiger partial charge in [-0.1, -0.05) is 5.16 Å². The lowest BCUT2D eigenvalue weighted by atomic mass is 9.78. The third-order valence-corrected chi connectivity index (χ3v) is 5.84. The monoisotopic (exact) mass is 331 g/mol. The van der Waals surface area contributed by atoms with Gasteiger partial charge in [0.1, 0.15) is 0 Å². The fourth-order valence-corrected chi connectivity index (χ4v) is 4.92. The molecule has 2 aliphatic rings. The maximum absolute atomic E-state index is 12.7. The molecular weight excluding hydrogens is 310 g/mol. The summed E-state index contributed by atoms with van der Waals surface area (Å²) in [6.07, 6.45) is 3.41. The lowest BCUT2D eigenvalue weighted by Crippen LogP contribution is -2.40. The van der Waals surface area contributed by atoms with Gasteiger partial charge in [0.05, 0.1) is 11.8 Å². The van der Waals surface area contributed by atoms with Crippen molar-refractivity contribution in [3.63, 3.8) is 0 Å². The summed E-state index contributed by atoms with van der Waals surface area (Å²) in [6, 6.07) is 2.15. The Kier molecular flexibility index (Phi) is 3.71. The van der Waals surface area contributed by atoms with Crippen LogP contribution in [0.25, 0.3) is 11.4 Å². The minimum atomic E-state index is -0.0214. The van der Waals surface area contributed by atoms with Gasteiger partial charge >= 0.3 is 0 Å². The summed E-state index contributed by atoms with van der Waals surface area (Å²) >= 11 is 1.61. The minimum absolute atomic E-state index is 0.0214. The molecule has 1 amide bonds. The van der Waals surface area contributed by atoms with Crippen molar-refractivity contribution in [1.29, 1.82) is 0 Å². The average Bonchev–Trinajstić information content (AvgIpc) is 3.27. The van der Waals surface area contributed by atoms with Crippen LogP contribution in [-0.4, -0.2) is 22.1 Å². The molecule has 2 heterocycles. The van der Waals surface area contributed by atoms with Gasteiger partial charge in [-0.25, -0.2) is 0 Å². The quantitative estimate of drug-likeness (QED) is 0.931. The van der Waals surface area contributed by atoms with Crippen molar-refractivity contribution in [3.8, 4) is 11.4 Å².